The van der Waals surface area contributed by atoms with E-state index in [-0.39, 0.29) is 0 Å². The summed E-state index contributed by atoms with van der Waals surface area (Å²) in [4.78, 5) is 6.89. The molecule has 0 radical (unpaired) electrons. The van der Waals surface area contributed by atoms with E-state index in [1.54, 1.807) is 11.3 Å². The summed E-state index contributed by atoms with van der Waals surface area (Å²) < 4.78 is 0. The lowest BCUT2D eigenvalue weighted by Crippen LogP contribution is -2.20. The highest BCUT2D eigenvalue weighted by atomic mass is 32.1. The Bertz CT molecular complexity index is 297. The Balaban J connectivity index is 1.95. The average Bonchev–Trinajstić information content (AvgIpc) is 2.74. The van der Waals surface area contributed by atoms with E-state index < -0.39 is 0 Å². The lowest BCUT2D eigenvalue weighted by molar-refractivity contribution is 0.546. The molecule has 0 aliphatic carbocycles. The van der Waals surface area contributed by atoms with Gasteiger partial charge in [0.25, 0.3) is 0 Å². The lowest BCUT2D eigenvalue weighted by Gasteiger charge is -2.14. The van der Waals surface area contributed by atoms with Crippen molar-refractivity contribution in [2.24, 2.45) is 11.7 Å². The predicted octanol–water partition coefficient (Wildman–Crippen LogP) is 1.63. The quantitative estimate of drug-likeness (QED) is 0.826. The van der Waals surface area contributed by atoms with E-state index in [9.17, 15) is 0 Å². The molecule has 2 rings (SSSR count). The first-order valence-corrected chi connectivity index (χ1v) is 6.04. The van der Waals surface area contributed by atoms with E-state index in [0.717, 1.165) is 37.7 Å². The molecule has 1 saturated heterocycles. The van der Waals surface area contributed by atoms with E-state index in [0.29, 0.717) is 0 Å². The second-order valence-electron chi connectivity index (χ2n) is 3.95. The van der Waals surface area contributed by atoms with E-state index in [2.05, 4.69) is 15.3 Å². The molecule has 1 unspecified atom stereocenters. The van der Waals surface area contributed by atoms with Gasteiger partial charge in [-0.3, -0.25) is 0 Å². The number of anilines is 1. The van der Waals surface area contributed by atoms with Crippen LogP contribution in [0.4, 0.5) is 5.13 Å². The molecule has 0 bridgehead atoms. The van der Waals surface area contributed by atoms with Crippen molar-refractivity contribution in [3.63, 3.8) is 0 Å². The van der Waals surface area contributed by atoms with Crippen LogP contribution in [0.3, 0.4) is 0 Å². The highest BCUT2D eigenvalue weighted by Crippen LogP contribution is 2.27. The summed E-state index contributed by atoms with van der Waals surface area (Å²) in [7, 11) is 0. The third kappa shape index (κ3) is 2.07. The Morgan fingerprint density at radius 1 is 1.71 bits per heavy atom. The molecule has 1 atom stereocenters. The maximum absolute atomic E-state index is 5.57. The van der Waals surface area contributed by atoms with Crippen LogP contribution in [0.15, 0.2) is 5.38 Å². The van der Waals surface area contributed by atoms with Gasteiger partial charge in [-0.2, -0.15) is 0 Å². The maximum atomic E-state index is 5.57. The molecule has 14 heavy (non-hydrogen) atoms. The second kappa shape index (κ2) is 4.28. The van der Waals surface area contributed by atoms with E-state index >= 15 is 0 Å². The number of nitrogens with zero attached hydrogens (tertiary/aromatic N) is 2. The molecule has 1 aliphatic heterocycles. The SMILES string of the molecule is Cc1csc(N2CCC(CCN)C2)n1. The van der Waals surface area contributed by atoms with Crippen LogP contribution in [-0.4, -0.2) is 24.6 Å². The van der Waals surface area contributed by atoms with Crippen molar-refractivity contribution in [2.45, 2.75) is 19.8 Å². The molecule has 1 aliphatic rings. The zero-order valence-corrected chi connectivity index (χ0v) is 9.39. The van der Waals surface area contributed by atoms with Crippen LogP contribution in [0.5, 0.6) is 0 Å². The molecule has 2 heterocycles. The number of hydrogen-bond acceptors (Lipinski definition) is 4. The second-order valence-corrected chi connectivity index (χ2v) is 4.79. The van der Waals surface area contributed by atoms with Crippen LogP contribution in [0.25, 0.3) is 0 Å². The van der Waals surface area contributed by atoms with Gasteiger partial charge < -0.3 is 10.6 Å². The largest absolute Gasteiger partial charge is 0.348 e. The fourth-order valence-electron chi connectivity index (χ4n) is 1.96. The summed E-state index contributed by atoms with van der Waals surface area (Å²) in [5.74, 6) is 0.782. The Morgan fingerprint density at radius 2 is 2.57 bits per heavy atom. The van der Waals surface area contributed by atoms with Crippen molar-refractivity contribution in [3.8, 4) is 0 Å². The lowest BCUT2D eigenvalue weighted by atomic mass is 10.1. The first kappa shape index (κ1) is 9.93. The van der Waals surface area contributed by atoms with Gasteiger partial charge in [-0.25, -0.2) is 4.98 Å². The standard InChI is InChI=1S/C10H17N3S/c1-8-7-14-10(12-8)13-5-3-9(6-13)2-4-11/h7,9H,2-6,11H2,1H3. The zero-order chi connectivity index (χ0) is 9.97. The number of aryl methyl sites for hydroxylation is 1. The molecule has 0 saturated carbocycles. The highest BCUT2D eigenvalue weighted by Gasteiger charge is 2.23. The van der Waals surface area contributed by atoms with Crippen LogP contribution in [-0.2, 0) is 0 Å². The summed E-state index contributed by atoms with van der Waals surface area (Å²) in [6, 6.07) is 0. The smallest absolute Gasteiger partial charge is 0.185 e. The third-order valence-corrected chi connectivity index (χ3v) is 3.76. The Morgan fingerprint density at radius 3 is 3.21 bits per heavy atom. The Kier molecular flexibility index (Phi) is 3.03. The number of hydrogen-bond donors (Lipinski definition) is 1. The normalized spacial score (nSPS) is 21.9. The van der Waals surface area contributed by atoms with E-state index in [1.807, 2.05) is 6.92 Å². The van der Waals surface area contributed by atoms with Crippen LogP contribution in [0, 0.1) is 12.8 Å². The van der Waals surface area contributed by atoms with Gasteiger partial charge in [-0.05, 0) is 32.2 Å². The third-order valence-electron chi connectivity index (χ3n) is 2.74. The number of thiazole rings is 1. The van der Waals surface area contributed by atoms with Crippen molar-refractivity contribution < 1.29 is 0 Å². The summed E-state index contributed by atoms with van der Waals surface area (Å²) in [6.45, 7) is 5.16. The highest BCUT2D eigenvalue weighted by molar-refractivity contribution is 7.13. The van der Waals surface area contributed by atoms with Crippen molar-refractivity contribution in [1.82, 2.24) is 4.98 Å². The van der Waals surface area contributed by atoms with Crippen LogP contribution < -0.4 is 10.6 Å². The molecule has 3 nitrogen and oxygen atoms in total. The molecular formula is C10H17N3S. The van der Waals surface area contributed by atoms with Crippen molar-refractivity contribution in [1.29, 1.82) is 0 Å². The fourth-order valence-corrected chi connectivity index (χ4v) is 2.80. The summed E-state index contributed by atoms with van der Waals surface area (Å²) >= 11 is 1.75. The monoisotopic (exact) mass is 211 g/mol. The van der Waals surface area contributed by atoms with Crippen molar-refractivity contribution >= 4 is 16.5 Å². The van der Waals surface area contributed by atoms with Gasteiger partial charge in [-0.1, -0.05) is 0 Å². The van der Waals surface area contributed by atoms with Gasteiger partial charge in [0.1, 0.15) is 0 Å². The Hall–Kier alpha value is -0.610. The number of rotatable bonds is 3. The van der Waals surface area contributed by atoms with Gasteiger partial charge >= 0.3 is 0 Å². The molecule has 2 N–H and O–H groups in total. The number of nitrogens with two attached hydrogens (primary N) is 1. The molecule has 0 spiro atoms. The minimum absolute atomic E-state index is 0.782. The van der Waals surface area contributed by atoms with Gasteiger partial charge in [-0.15, -0.1) is 11.3 Å². The minimum Gasteiger partial charge on any atom is -0.348 e. The van der Waals surface area contributed by atoms with Crippen molar-refractivity contribution in [3.05, 3.63) is 11.1 Å². The molecule has 0 aromatic carbocycles. The van der Waals surface area contributed by atoms with Crippen molar-refractivity contribution in [2.75, 3.05) is 24.5 Å². The van der Waals surface area contributed by atoms with Crippen LogP contribution in [0.2, 0.25) is 0 Å². The fraction of sp³-hybridized carbons (Fsp3) is 0.700. The maximum Gasteiger partial charge on any atom is 0.185 e. The molecule has 1 aromatic heterocycles. The Labute approximate surface area is 88.9 Å². The topological polar surface area (TPSA) is 42.1 Å². The van der Waals surface area contributed by atoms with Gasteiger partial charge in [0.15, 0.2) is 5.13 Å². The molecule has 4 heteroatoms. The van der Waals surface area contributed by atoms with Gasteiger partial charge in [0, 0.05) is 18.5 Å². The molecule has 0 amide bonds. The van der Waals surface area contributed by atoms with E-state index in [4.69, 9.17) is 5.73 Å². The van der Waals surface area contributed by atoms with E-state index in [1.165, 1.54) is 11.6 Å². The molecule has 1 fully saturated rings. The zero-order valence-electron chi connectivity index (χ0n) is 8.57. The first-order valence-electron chi connectivity index (χ1n) is 5.16. The summed E-state index contributed by atoms with van der Waals surface area (Å²) in [5, 5.41) is 3.30. The first-order chi connectivity index (χ1) is 6.79. The predicted molar refractivity (Wildman–Crippen MR) is 60.8 cm³/mol. The average molecular weight is 211 g/mol. The molecule has 78 valence electrons. The van der Waals surface area contributed by atoms with Crippen LogP contribution in [0.1, 0.15) is 18.5 Å². The summed E-state index contributed by atoms with van der Waals surface area (Å²) in [5.41, 5.74) is 6.70. The van der Waals surface area contributed by atoms with Crippen LogP contribution >= 0.6 is 11.3 Å². The summed E-state index contributed by atoms with van der Waals surface area (Å²) in [6.07, 6.45) is 2.43. The van der Waals surface area contributed by atoms with Gasteiger partial charge in [0.2, 0.25) is 0 Å². The molecule has 1 aromatic rings. The minimum atomic E-state index is 0.782. The number of aromatic nitrogens is 1. The molecular weight excluding hydrogens is 194 g/mol. The van der Waals surface area contributed by atoms with Gasteiger partial charge in [0.05, 0.1) is 5.69 Å².